The molecule has 0 bridgehead atoms. The van der Waals surface area contributed by atoms with Gasteiger partial charge in [-0.05, 0) is 19.2 Å². The molecule has 0 unspecified atom stereocenters. The monoisotopic (exact) mass is 282 g/mol. The van der Waals surface area contributed by atoms with Crippen LogP contribution in [0.15, 0.2) is 34.1 Å². The van der Waals surface area contributed by atoms with Crippen LogP contribution in [0.5, 0.6) is 0 Å². The Morgan fingerprint density at radius 1 is 1.37 bits per heavy atom. The molecule has 0 aliphatic carbocycles. The molecule has 2 aromatic rings. The van der Waals surface area contributed by atoms with Gasteiger partial charge >= 0.3 is 5.97 Å². The summed E-state index contributed by atoms with van der Waals surface area (Å²) in [5.74, 6) is -1.36. The summed E-state index contributed by atoms with van der Waals surface area (Å²) in [6.45, 7) is 0. The molecule has 100 valence electrons. The van der Waals surface area contributed by atoms with Crippen LogP contribution in [0, 0.1) is 0 Å². The maximum Gasteiger partial charge on any atom is 0.341 e. The third kappa shape index (κ3) is 2.23. The van der Waals surface area contributed by atoms with Gasteiger partial charge in [-0.1, -0.05) is 6.07 Å². The fourth-order valence-corrected chi connectivity index (χ4v) is 2.49. The zero-order chi connectivity index (χ0) is 14.2. The Morgan fingerprint density at radius 3 is 2.63 bits per heavy atom. The van der Waals surface area contributed by atoms with Crippen molar-refractivity contribution in [2.75, 3.05) is 7.05 Å². The van der Waals surface area contributed by atoms with Crippen molar-refractivity contribution in [2.45, 2.75) is 4.90 Å². The fourth-order valence-electron chi connectivity index (χ4n) is 1.72. The maximum absolute atomic E-state index is 11.6. The SMILES string of the molecule is CNS(=O)(=O)c1ccc2c(C(=O)O)c(=O)[nH]cc2c1. The van der Waals surface area contributed by atoms with Crippen LogP contribution in [0.2, 0.25) is 0 Å². The molecule has 0 amide bonds. The molecule has 1 aromatic heterocycles. The van der Waals surface area contributed by atoms with E-state index in [2.05, 4.69) is 9.71 Å². The number of rotatable bonds is 3. The second-order valence-corrected chi connectivity index (χ2v) is 5.64. The molecular weight excluding hydrogens is 272 g/mol. The number of carboxylic acid groups (broad SMARTS) is 1. The first-order chi connectivity index (χ1) is 8.86. The Bertz CT molecular complexity index is 823. The van der Waals surface area contributed by atoms with Gasteiger partial charge in [0.15, 0.2) is 0 Å². The highest BCUT2D eigenvalue weighted by atomic mass is 32.2. The number of aromatic nitrogens is 1. The molecule has 0 fully saturated rings. The van der Waals surface area contributed by atoms with Crippen LogP contribution < -0.4 is 10.3 Å². The zero-order valence-electron chi connectivity index (χ0n) is 9.80. The quantitative estimate of drug-likeness (QED) is 0.740. The van der Waals surface area contributed by atoms with Crippen molar-refractivity contribution in [2.24, 2.45) is 0 Å². The van der Waals surface area contributed by atoms with E-state index in [9.17, 15) is 18.0 Å². The van der Waals surface area contributed by atoms with E-state index in [1.807, 2.05) is 0 Å². The molecule has 0 radical (unpaired) electrons. The number of hydrogen-bond acceptors (Lipinski definition) is 4. The Hall–Kier alpha value is -2.19. The van der Waals surface area contributed by atoms with E-state index in [4.69, 9.17) is 5.11 Å². The van der Waals surface area contributed by atoms with Crippen molar-refractivity contribution in [1.82, 2.24) is 9.71 Å². The molecule has 2 rings (SSSR count). The lowest BCUT2D eigenvalue weighted by molar-refractivity contribution is 0.0697. The highest BCUT2D eigenvalue weighted by Gasteiger charge is 2.16. The molecule has 1 aromatic carbocycles. The maximum atomic E-state index is 11.6. The minimum Gasteiger partial charge on any atom is -0.477 e. The lowest BCUT2D eigenvalue weighted by atomic mass is 10.1. The van der Waals surface area contributed by atoms with E-state index in [0.29, 0.717) is 5.39 Å². The number of aromatic amines is 1. The minimum atomic E-state index is -3.62. The number of pyridine rings is 1. The molecule has 0 aliphatic rings. The standard InChI is InChI=1S/C11H10N2O5S/c1-12-19(17,18)7-2-3-8-6(4-7)5-13-10(14)9(8)11(15)16/h2-5,12H,1H3,(H,13,14)(H,15,16). The molecule has 0 aliphatic heterocycles. The Kier molecular flexibility index (Phi) is 3.13. The van der Waals surface area contributed by atoms with Gasteiger partial charge < -0.3 is 10.1 Å². The summed E-state index contributed by atoms with van der Waals surface area (Å²) in [6, 6.07) is 3.85. The summed E-state index contributed by atoms with van der Waals surface area (Å²) in [4.78, 5) is 24.7. The first kappa shape index (κ1) is 13.2. The number of carbonyl (C=O) groups is 1. The van der Waals surface area contributed by atoms with Gasteiger partial charge in [0, 0.05) is 17.0 Å². The number of aromatic carboxylic acids is 1. The second-order valence-electron chi connectivity index (χ2n) is 3.75. The van der Waals surface area contributed by atoms with Crippen LogP contribution in [0.3, 0.4) is 0 Å². The van der Waals surface area contributed by atoms with Crippen LogP contribution in [0.4, 0.5) is 0 Å². The van der Waals surface area contributed by atoms with Gasteiger partial charge in [0.2, 0.25) is 10.0 Å². The number of sulfonamides is 1. The van der Waals surface area contributed by atoms with Gasteiger partial charge in [-0.2, -0.15) is 0 Å². The van der Waals surface area contributed by atoms with Crippen LogP contribution >= 0.6 is 0 Å². The summed E-state index contributed by atoms with van der Waals surface area (Å²) in [5.41, 5.74) is -1.14. The summed E-state index contributed by atoms with van der Waals surface area (Å²) in [5, 5.41) is 9.50. The van der Waals surface area contributed by atoms with Gasteiger partial charge in [0.05, 0.1) is 4.90 Å². The van der Waals surface area contributed by atoms with Gasteiger partial charge in [-0.15, -0.1) is 0 Å². The van der Waals surface area contributed by atoms with Crippen molar-refractivity contribution in [3.63, 3.8) is 0 Å². The van der Waals surface area contributed by atoms with Crippen molar-refractivity contribution >= 4 is 26.8 Å². The van der Waals surface area contributed by atoms with E-state index in [-0.39, 0.29) is 10.3 Å². The lowest BCUT2D eigenvalue weighted by Gasteiger charge is -2.05. The number of benzene rings is 1. The van der Waals surface area contributed by atoms with Gasteiger partial charge in [-0.25, -0.2) is 17.9 Å². The van der Waals surface area contributed by atoms with Crippen molar-refractivity contribution in [3.8, 4) is 0 Å². The third-order valence-electron chi connectivity index (χ3n) is 2.67. The van der Waals surface area contributed by atoms with Crippen LogP contribution in [-0.4, -0.2) is 31.5 Å². The predicted molar refractivity (Wildman–Crippen MR) is 67.8 cm³/mol. The Balaban J connectivity index is 2.82. The van der Waals surface area contributed by atoms with E-state index < -0.39 is 27.1 Å². The minimum absolute atomic E-state index is 0.00844. The van der Waals surface area contributed by atoms with Gasteiger partial charge in [0.1, 0.15) is 5.56 Å². The zero-order valence-corrected chi connectivity index (χ0v) is 10.6. The van der Waals surface area contributed by atoms with Crippen LogP contribution in [-0.2, 0) is 10.0 Å². The van der Waals surface area contributed by atoms with Crippen molar-refractivity contribution in [1.29, 1.82) is 0 Å². The van der Waals surface area contributed by atoms with Gasteiger partial charge in [-0.3, -0.25) is 4.79 Å². The van der Waals surface area contributed by atoms with Crippen LogP contribution in [0.1, 0.15) is 10.4 Å². The van der Waals surface area contributed by atoms with E-state index >= 15 is 0 Å². The first-order valence-electron chi connectivity index (χ1n) is 5.19. The Labute approximate surface area is 107 Å². The highest BCUT2D eigenvalue weighted by Crippen LogP contribution is 2.19. The summed E-state index contributed by atoms with van der Waals surface area (Å²) >= 11 is 0. The summed E-state index contributed by atoms with van der Waals surface area (Å²) in [7, 11) is -2.35. The van der Waals surface area contributed by atoms with Crippen LogP contribution in [0.25, 0.3) is 10.8 Å². The summed E-state index contributed by atoms with van der Waals surface area (Å²) < 4.78 is 25.4. The number of hydrogen-bond donors (Lipinski definition) is 3. The smallest absolute Gasteiger partial charge is 0.341 e. The molecule has 7 nitrogen and oxygen atoms in total. The molecule has 1 heterocycles. The number of fused-ring (bicyclic) bond motifs is 1. The van der Waals surface area contributed by atoms with Gasteiger partial charge in [0.25, 0.3) is 5.56 Å². The Morgan fingerprint density at radius 2 is 2.05 bits per heavy atom. The molecule has 8 heteroatoms. The largest absolute Gasteiger partial charge is 0.477 e. The van der Waals surface area contributed by atoms with Crippen molar-refractivity contribution < 1.29 is 18.3 Å². The molecule has 0 saturated carbocycles. The topological polar surface area (TPSA) is 116 Å². The van der Waals surface area contributed by atoms with Crippen molar-refractivity contribution in [3.05, 3.63) is 40.3 Å². The lowest BCUT2D eigenvalue weighted by Crippen LogP contribution is -2.19. The molecule has 19 heavy (non-hydrogen) atoms. The third-order valence-corrected chi connectivity index (χ3v) is 4.08. The molecule has 3 N–H and O–H groups in total. The first-order valence-corrected chi connectivity index (χ1v) is 6.67. The average Bonchev–Trinajstić information content (AvgIpc) is 2.37. The summed E-state index contributed by atoms with van der Waals surface area (Å²) in [6.07, 6.45) is 1.28. The molecular formula is C11H10N2O5S. The number of H-pyrrole nitrogens is 1. The van der Waals surface area contributed by atoms with E-state index in [0.717, 1.165) is 0 Å². The second kappa shape index (κ2) is 4.48. The highest BCUT2D eigenvalue weighted by molar-refractivity contribution is 7.89. The van der Waals surface area contributed by atoms with E-state index in [1.165, 1.54) is 31.4 Å². The normalized spacial score (nSPS) is 11.6. The average molecular weight is 282 g/mol. The molecule has 0 saturated heterocycles. The predicted octanol–water partition coefficient (Wildman–Crippen LogP) is 0.134. The molecule has 0 spiro atoms. The fraction of sp³-hybridized carbons (Fsp3) is 0.0909. The van der Waals surface area contributed by atoms with E-state index in [1.54, 1.807) is 0 Å². The number of carboxylic acids is 1. The number of nitrogens with one attached hydrogen (secondary N) is 2. The molecule has 0 atom stereocenters.